The molecule has 2 aliphatic rings. The van der Waals surface area contributed by atoms with Gasteiger partial charge in [-0.1, -0.05) is 18.2 Å². The van der Waals surface area contributed by atoms with Crippen LogP contribution < -0.4 is 10.2 Å². The van der Waals surface area contributed by atoms with E-state index >= 15 is 0 Å². The molecule has 2 amide bonds. The van der Waals surface area contributed by atoms with Gasteiger partial charge in [0.1, 0.15) is 0 Å². The van der Waals surface area contributed by atoms with Crippen LogP contribution in [0.2, 0.25) is 0 Å². The predicted octanol–water partition coefficient (Wildman–Crippen LogP) is 1.57. The third kappa shape index (κ3) is 3.66. The summed E-state index contributed by atoms with van der Waals surface area (Å²) in [5, 5.41) is 2.98. The smallest absolute Gasteiger partial charge is 0.239 e. The van der Waals surface area contributed by atoms with Crippen LogP contribution in [0.5, 0.6) is 0 Å². The van der Waals surface area contributed by atoms with Gasteiger partial charge < -0.3 is 15.1 Å². The number of hydrogen-bond donors (Lipinski definition) is 1. The average molecular weight is 315 g/mol. The fourth-order valence-corrected chi connectivity index (χ4v) is 3.52. The number of fused-ring (bicyclic) bond motifs is 1. The zero-order valence-corrected chi connectivity index (χ0v) is 13.8. The van der Waals surface area contributed by atoms with Crippen molar-refractivity contribution in [3.05, 3.63) is 29.8 Å². The van der Waals surface area contributed by atoms with Crippen LogP contribution in [0.1, 0.15) is 31.7 Å². The number of anilines is 1. The molecule has 1 fully saturated rings. The van der Waals surface area contributed by atoms with Gasteiger partial charge in [-0.25, -0.2) is 0 Å². The highest BCUT2D eigenvalue weighted by atomic mass is 16.2. The molecule has 0 saturated carbocycles. The van der Waals surface area contributed by atoms with Gasteiger partial charge in [-0.15, -0.1) is 0 Å². The molecule has 2 aliphatic heterocycles. The minimum atomic E-state index is 0.0568. The number of rotatable bonds is 6. The Morgan fingerprint density at radius 3 is 2.96 bits per heavy atom. The lowest BCUT2D eigenvalue weighted by Gasteiger charge is -2.24. The molecule has 0 bridgehead atoms. The molecule has 3 rings (SSSR count). The second-order valence-electron chi connectivity index (χ2n) is 6.50. The van der Waals surface area contributed by atoms with E-state index in [-0.39, 0.29) is 11.8 Å². The molecule has 1 aromatic rings. The summed E-state index contributed by atoms with van der Waals surface area (Å²) < 4.78 is 0. The van der Waals surface area contributed by atoms with E-state index in [1.165, 1.54) is 11.3 Å². The fraction of sp³-hybridized carbons (Fsp3) is 0.556. The van der Waals surface area contributed by atoms with E-state index in [1.807, 2.05) is 11.0 Å². The van der Waals surface area contributed by atoms with Crippen molar-refractivity contribution in [1.82, 2.24) is 10.2 Å². The number of nitrogens with one attached hydrogen (secondary N) is 1. The molecule has 124 valence electrons. The molecule has 0 aliphatic carbocycles. The molecular weight excluding hydrogens is 290 g/mol. The zero-order valence-electron chi connectivity index (χ0n) is 13.8. The minimum Gasteiger partial charge on any atom is -0.359 e. The number of benzene rings is 1. The van der Waals surface area contributed by atoms with E-state index in [4.69, 9.17) is 0 Å². The van der Waals surface area contributed by atoms with Crippen molar-refractivity contribution in [3.8, 4) is 0 Å². The Morgan fingerprint density at radius 1 is 1.35 bits per heavy atom. The Hall–Kier alpha value is -2.04. The molecule has 0 spiro atoms. The van der Waals surface area contributed by atoms with Crippen LogP contribution in [0.3, 0.4) is 0 Å². The van der Waals surface area contributed by atoms with Gasteiger partial charge in [-0.05, 0) is 37.8 Å². The van der Waals surface area contributed by atoms with E-state index in [1.54, 1.807) is 0 Å². The second kappa shape index (κ2) is 7.02. The SMILES string of the molecule is CC1Cc2ccccc2N1CC(=O)NCCCN1CCCC1=O. The minimum absolute atomic E-state index is 0.0568. The van der Waals surface area contributed by atoms with Crippen molar-refractivity contribution in [2.45, 2.75) is 38.6 Å². The standard InChI is InChI=1S/C18H25N3O2/c1-14-12-15-6-2-3-7-16(15)21(14)13-17(22)19-9-5-11-20-10-4-8-18(20)23/h2-3,6-7,14H,4-5,8-13H2,1H3,(H,19,22). The third-order valence-electron chi connectivity index (χ3n) is 4.76. The number of nitrogens with zero attached hydrogens (tertiary/aromatic N) is 2. The summed E-state index contributed by atoms with van der Waals surface area (Å²) in [6, 6.07) is 8.66. The van der Waals surface area contributed by atoms with Gasteiger partial charge >= 0.3 is 0 Å². The van der Waals surface area contributed by atoms with Gasteiger partial charge in [0.25, 0.3) is 0 Å². The monoisotopic (exact) mass is 315 g/mol. The topological polar surface area (TPSA) is 52.7 Å². The Labute approximate surface area is 137 Å². The number of carbonyl (C=O) groups excluding carboxylic acids is 2. The van der Waals surface area contributed by atoms with E-state index < -0.39 is 0 Å². The van der Waals surface area contributed by atoms with Crippen LogP contribution in [-0.4, -0.2) is 48.9 Å². The van der Waals surface area contributed by atoms with Crippen LogP contribution in [0.25, 0.3) is 0 Å². The van der Waals surface area contributed by atoms with Gasteiger partial charge in [0.05, 0.1) is 6.54 Å². The van der Waals surface area contributed by atoms with Crippen molar-refractivity contribution in [2.75, 3.05) is 31.1 Å². The van der Waals surface area contributed by atoms with Crippen molar-refractivity contribution in [3.63, 3.8) is 0 Å². The molecule has 5 heteroatoms. The predicted molar refractivity (Wildman–Crippen MR) is 90.4 cm³/mol. The van der Waals surface area contributed by atoms with E-state index in [2.05, 4.69) is 35.3 Å². The maximum Gasteiger partial charge on any atom is 0.239 e. The van der Waals surface area contributed by atoms with Crippen LogP contribution in [0.4, 0.5) is 5.69 Å². The Morgan fingerprint density at radius 2 is 2.17 bits per heavy atom. The zero-order chi connectivity index (χ0) is 16.2. The summed E-state index contributed by atoms with van der Waals surface area (Å²) >= 11 is 0. The summed E-state index contributed by atoms with van der Waals surface area (Å²) in [5.74, 6) is 0.306. The lowest BCUT2D eigenvalue weighted by molar-refractivity contribution is -0.127. The summed E-state index contributed by atoms with van der Waals surface area (Å²) in [5.41, 5.74) is 2.50. The molecule has 1 unspecified atom stereocenters. The van der Waals surface area contributed by atoms with Gasteiger partial charge in [0.15, 0.2) is 0 Å². The van der Waals surface area contributed by atoms with Crippen LogP contribution in [0.15, 0.2) is 24.3 Å². The highest BCUT2D eigenvalue weighted by Gasteiger charge is 2.26. The average Bonchev–Trinajstić information content (AvgIpc) is 3.08. The number of carbonyl (C=O) groups is 2. The molecule has 2 heterocycles. The summed E-state index contributed by atoms with van der Waals surface area (Å²) in [7, 11) is 0. The van der Waals surface area contributed by atoms with Gasteiger partial charge in [0, 0.05) is 37.8 Å². The Bertz CT molecular complexity index is 587. The van der Waals surface area contributed by atoms with Crippen molar-refractivity contribution in [2.24, 2.45) is 0 Å². The summed E-state index contributed by atoms with van der Waals surface area (Å²) in [6.07, 6.45) is 3.47. The molecule has 1 saturated heterocycles. The highest BCUT2D eigenvalue weighted by Crippen LogP contribution is 2.31. The number of amides is 2. The molecule has 5 nitrogen and oxygen atoms in total. The molecule has 1 N–H and O–H groups in total. The lowest BCUT2D eigenvalue weighted by atomic mass is 10.1. The maximum atomic E-state index is 12.2. The molecule has 23 heavy (non-hydrogen) atoms. The molecule has 1 aromatic carbocycles. The van der Waals surface area contributed by atoms with Crippen LogP contribution >= 0.6 is 0 Å². The molecule has 0 radical (unpaired) electrons. The number of likely N-dealkylation sites (tertiary alicyclic amines) is 1. The number of para-hydroxylation sites is 1. The van der Waals surface area contributed by atoms with Gasteiger partial charge in [-0.3, -0.25) is 9.59 Å². The van der Waals surface area contributed by atoms with Gasteiger partial charge in [-0.2, -0.15) is 0 Å². The third-order valence-corrected chi connectivity index (χ3v) is 4.76. The first-order valence-electron chi connectivity index (χ1n) is 8.54. The molecular formula is C18H25N3O2. The first kappa shape index (κ1) is 15.8. The maximum absolute atomic E-state index is 12.2. The number of hydrogen-bond acceptors (Lipinski definition) is 3. The van der Waals surface area contributed by atoms with Crippen LogP contribution in [0, 0.1) is 0 Å². The lowest BCUT2D eigenvalue weighted by Crippen LogP contribution is -2.41. The second-order valence-corrected chi connectivity index (χ2v) is 6.50. The first-order valence-corrected chi connectivity index (χ1v) is 8.54. The van der Waals surface area contributed by atoms with E-state index in [0.29, 0.717) is 25.6 Å². The fourth-order valence-electron chi connectivity index (χ4n) is 3.52. The van der Waals surface area contributed by atoms with Crippen molar-refractivity contribution in [1.29, 1.82) is 0 Å². The Balaban J connectivity index is 1.42. The van der Waals surface area contributed by atoms with Crippen molar-refractivity contribution < 1.29 is 9.59 Å². The summed E-state index contributed by atoms with van der Waals surface area (Å²) in [6.45, 7) is 4.82. The quantitative estimate of drug-likeness (QED) is 0.811. The summed E-state index contributed by atoms with van der Waals surface area (Å²) in [4.78, 5) is 27.8. The highest BCUT2D eigenvalue weighted by molar-refractivity contribution is 5.82. The van der Waals surface area contributed by atoms with E-state index in [9.17, 15) is 9.59 Å². The van der Waals surface area contributed by atoms with E-state index in [0.717, 1.165) is 32.4 Å². The first-order chi connectivity index (χ1) is 11.1. The van der Waals surface area contributed by atoms with Crippen molar-refractivity contribution >= 4 is 17.5 Å². The van der Waals surface area contributed by atoms with Gasteiger partial charge in [0.2, 0.25) is 11.8 Å². The van der Waals surface area contributed by atoms with Crippen LogP contribution in [-0.2, 0) is 16.0 Å². The normalized spacial score (nSPS) is 20.0. The molecule has 0 aromatic heterocycles. The Kier molecular flexibility index (Phi) is 4.84. The molecule has 1 atom stereocenters. The largest absolute Gasteiger partial charge is 0.359 e.